The summed E-state index contributed by atoms with van der Waals surface area (Å²) in [4.78, 5) is 28.5. The van der Waals surface area contributed by atoms with E-state index >= 15 is 0 Å². The van der Waals surface area contributed by atoms with Crippen LogP contribution in [0.1, 0.15) is 64.9 Å². The van der Waals surface area contributed by atoms with Crippen molar-refractivity contribution in [3.8, 4) is 0 Å². The number of alkyl halides is 3. The van der Waals surface area contributed by atoms with E-state index < -0.39 is 17.3 Å². The van der Waals surface area contributed by atoms with E-state index in [1.807, 2.05) is 30.6 Å². The Balaban J connectivity index is 1.35. The standard InChI is InChI=1S/C25H36F3N3O3/c1-24(2,3)34-23(33)29-20-9-4-18(5-10-20)6-13-22(32)31-16-14-30(15-17-31)21-11-7-19(8-12-21)25(26,27)28/h7-8,11-12,18,20H,4-6,9-10,13-17H2,1-3H3,(H,29,33). The Morgan fingerprint density at radius 2 is 1.56 bits per heavy atom. The Bertz CT molecular complexity index is 821. The van der Waals surface area contributed by atoms with E-state index in [-0.39, 0.29) is 18.0 Å². The number of rotatable bonds is 5. The molecule has 1 saturated heterocycles. The third-order valence-corrected chi connectivity index (χ3v) is 6.53. The van der Waals surface area contributed by atoms with Crippen molar-refractivity contribution in [1.29, 1.82) is 0 Å². The number of alkyl carbamates (subject to hydrolysis) is 1. The average molecular weight is 484 g/mol. The van der Waals surface area contributed by atoms with Gasteiger partial charge in [0.2, 0.25) is 5.91 Å². The lowest BCUT2D eigenvalue weighted by Gasteiger charge is -2.36. The number of carbonyl (C=O) groups excluding carboxylic acids is 2. The molecule has 0 unspecified atom stereocenters. The first kappa shape index (κ1) is 26.2. The van der Waals surface area contributed by atoms with Gasteiger partial charge in [-0.2, -0.15) is 13.2 Å². The molecule has 0 atom stereocenters. The monoisotopic (exact) mass is 483 g/mol. The minimum absolute atomic E-state index is 0.125. The number of hydrogen-bond acceptors (Lipinski definition) is 4. The van der Waals surface area contributed by atoms with Gasteiger partial charge in [0.1, 0.15) is 5.60 Å². The summed E-state index contributed by atoms with van der Waals surface area (Å²) in [5.74, 6) is 0.621. The van der Waals surface area contributed by atoms with E-state index in [0.29, 0.717) is 38.5 Å². The van der Waals surface area contributed by atoms with E-state index in [1.165, 1.54) is 12.1 Å². The van der Waals surface area contributed by atoms with Gasteiger partial charge in [-0.15, -0.1) is 0 Å². The highest BCUT2D eigenvalue weighted by molar-refractivity contribution is 5.76. The Morgan fingerprint density at radius 3 is 2.09 bits per heavy atom. The number of halogens is 3. The summed E-state index contributed by atoms with van der Waals surface area (Å²) in [6.45, 7) is 7.90. The van der Waals surface area contributed by atoms with Crippen LogP contribution in [0.25, 0.3) is 0 Å². The molecule has 6 nitrogen and oxygen atoms in total. The maximum Gasteiger partial charge on any atom is 0.416 e. The predicted octanol–water partition coefficient (Wildman–Crippen LogP) is 5.22. The molecule has 1 saturated carbocycles. The predicted molar refractivity (Wildman–Crippen MR) is 125 cm³/mol. The lowest BCUT2D eigenvalue weighted by atomic mass is 9.83. The maximum atomic E-state index is 12.8. The molecule has 3 rings (SSSR count). The number of ether oxygens (including phenoxy) is 1. The lowest BCUT2D eigenvalue weighted by molar-refractivity contribution is -0.137. The molecule has 2 aliphatic rings. The van der Waals surface area contributed by atoms with Crippen LogP contribution in [-0.4, -0.2) is 54.7 Å². The fraction of sp³-hybridized carbons (Fsp3) is 0.680. The topological polar surface area (TPSA) is 61.9 Å². The van der Waals surface area contributed by atoms with E-state index in [9.17, 15) is 22.8 Å². The molecule has 0 aromatic heterocycles. The van der Waals surface area contributed by atoms with Crippen LogP contribution in [-0.2, 0) is 15.7 Å². The first-order valence-corrected chi connectivity index (χ1v) is 12.1. The van der Waals surface area contributed by atoms with Crippen molar-refractivity contribution < 1.29 is 27.5 Å². The highest BCUT2D eigenvalue weighted by Gasteiger charge is 2.31. The number of amides is 2. The summed E-state index contributed by atoms with van der Waals surface area (Å²) in [7, 11) is 0. The molecule has 0 bridgehead atoms. The molecule has 1 N–H and O–H groups in total. The number of piperazine rings is 1. The first-order chi connectivity index (χ1) is 15.9. The van der Waals surface area contributed by atoms with Gasteiger partial charge < -0.3 is 19.9 Å². The van der Waals surface area contributed by atoms with Crippen LogP contribution >= 0.6 is 0 Å². The summed E-state index contributed by atoms with van der Waals surface area (Å²) in [5, 5.41) is 2.94. The van der Waals surface area contributed by atoms with Crippen molar-refractivity contribution in [2.75, 3.05) is 31.1 Å². The fourth-order valence-corrected chi connectivity index (χ4v) is 4.63. The third-order valence-electron chi connectivity index (χ3n) is 6.53. The van der Waals surface area contributed by atoms with Crippen molar-refractivity contribution in [1.82, 2.24) is 10.2 Å². The number of hydrogen-bond donors (Lipinski definition) is 1. The Kier molecular flexibility index (Phi) is 8.36. The highest BCUT2D eigenvalue weighted by Crippen LogP contribution is 2.31. The van der Waals surface area contributed by atoms with Crippen LogP contribution in [0.2, 0.25) is 0 Å². The van der Waals surface area contributed by atoms with Crippen LogP contribution < -0.4 is 10.2 Å². The highest BCUT2D eigenvalue weighted by atomic mass is 19.4. The van der Waals surface area contributed by atoms with E-state index in [1.54, 1.807) is 0 Å². The number of benzene rings is 1. The number of anilines is 1. The second-order valence-electron chi connectivity index (χ2n) is 10.3. The zero-order chi connectivity index (χ0) is 24.9. The van der Waals surface area contributed by atoms with Crippen LogP contribution in [0.4, 0.5) is 23.7 Å². The molecule has 1 aliphatic carbocycles. The molecule has 1 aromatic rings. The van der Waals surface area contributed by atoms with Crippen molar-refractivity contribution >= 4 is 17.7 Å². The number of nitrogens with one attached hydrogen (secondary N) is 1. The largest absolute Gasteiger partial charge is 0.444 e. The molecule has 0 spiro atoms. The minimum Gasteiger partial charge on any atom is -0.444 e. The smallest absolute Gasteiger partial charge is 0.416 e. The van der Waals surface area contributed by atoms with Gasteiger partial charge in [-0.3, -0.25) is 4.79 Å². The van der Waals surface area contributed by atoms with Gasteiger partial charge in [0, 0.05) is 44.3 Å². The van der Waals surface area contributed by atoms with Gasteiger partial charge in [-0.1, -0.05) is 0 Å². The summed E-state index contributed by atoms with van der Waals surface area (Å²) in [6.07, 6.45) is 0.393. The third kappa shape index (κ3) is 7.81. The van der Waals surface area contributed by atoms with Gasteiger partial charge in [0.15, 0.2) is 0 Å². The molecule has 1 aromatic carbocycles. The van der Waals surface area contributed by atoms with Crippen LogP contribution in [0.3, 0.4) is 0 Å². The number of nitrogens with zero attached hydrogens (tertiary/aromatic N) is 2. The minimum atomic E-state index is -4.34. The second kappa shape index (κ2) is 10.9. The zero-order valence-corrected chi connectivity index (χ0v) is 20.3. The number of carbonyl (C=O) groups is 2. The van der Waals surface area contributed by atoms with Crippen molar-refractivity contribution in [3.05, 3.63) is 29.8 Å². The van der Waals surface area contributed by atoms with E-state index in [0.717, 1.165) is 49.9 Å². The van der Waals surface area contributed by atoms with Gasteiger partial charge >= 0.3 is 12.3 Å². The van der Waals surface area contributed by atoms with Gasteiger partial charge in [-0.05, 0) is 83.1 Å². The lowest BCUT2D eigenvalue weighted by Crippen LogP contribution is -2.48. The Morgan fingerprint density at radius 1 is 0.971 bits per heavy atom. The Labute approximate surface area is 199 Å². The summed E-state index contributed by atoms with van der Waals surface area (Å²) in [5.41, 5.74) is -0.415. The Hall–Kier alpha value is -2.45. The van der Waals surface area contributed by atoms with E-state index in [2.05, 4.69) is 5.32 Å². The quantitative estimate of drug-likeness (QED) is 0.624. The maximum absolute atomic E-state index is 12.8. The molecule has 34 heavy (non-hydrogen) atoms. The van der Waals surface area contributed by atoms with Gasteiger partial charge in [0.05, 0.1) is 5.56 Å². The zero-order valence-electron chi connectivity index (χ0n) is 20.3. The first-order valence-electron chi connectivity index (χ1n) is 12.1. The van der Waals surface area contributed by atoms with E-state index in [4.69, 9.17) is 4.74 Å². The molecule has 2 fully saturated rings. The van der Waals surface area contributed by atoms with Crippen LogP contribution in [0.5, 0.6) is 0 Å². The van der Waals surface area contributed by atoms with Crippen molar-refractivity contribution in [3.63, 3.8) is 0 Å². The molecule has 190 valence electrons. The van der Waals surface area contributed by atoms with Gasteiger partial charge in [-0.25, -0.2) is 4.79 Å². The molecule has 1 heterocycles. The second-order valence-corrected chi connectivity index (χ2v) is 10.3. The van der Waals surface area contributed by atoms with Crippen molar-refractivity contribution in [2.24, 2.45) is 5.92 Å². The van der Waals surface area contributed by atoms with Crippen LogP contribution in [0, 0.1) is 5.92 Å². The molecular formula is C25H36F3N3O3. The summed E-state index contributed by atoms with van der Waals surface area (Å²) >= 11 is 0. The molecule has 9 heteroatoms. The molecule has 2 amide bonds. The average Bonchev–Trinajstić information content (AvgIpc) is 2.77. The SMILES string of the molecule is CC(C)(C)OC(=O)NC1CCC(CCC(=O)N2CCN(c3ccc(C(F)(F)F)cc3)CC2)CC1. The summed E-state index contributed by atoms with van der Waals surface area (Å²) in [6, 6.07) is 5.32. The van der Waals surface area contributed by atoms with Crippen LogP contribution in [0.15, 0.2) is 24.3 Å². The molecular weight excluding hydrogens is 447 g/mol. The summed E-state index contributed by atoms with van der Waals surface area (Å²) < 4.78 is 43.6. The fourth-order valence-electron chi connectivity index (χ4n) is 4.63. The van der Waals surface area contributed by atoms with Crippen molar-refractivity contribution in [2.45, 2.75) is 77.1 Å². The van der Waals surface area contributed by atoms with Gasteiger partial charge in [0.25, 0.3) is 0 Å². The normalized spacial score (nSPS) is 21.8. The molecule has 1 aliphatic heterocycles. The molecule has 0 radical (unpaired) electrons.